The first-order chi connectivity index (χ1) is 14.8. The monoisotopic (exact) mass is 446 g/mol. The van der Waals surface area contributed by atoms with Gasteiger partial charge in [-0.25, -0.2) is 17.2 Å². The summed E-state index contributed by atoms with van der Waals surface area (Å²) in [6.07, 6.45) is 0. The number of fused-ring (bicyclic) bond motifs is 1. The Morgan fingerprint density at radius 2 is 1.65 bits per heavy atom. The van der Waals surface area contributed by atoms with E-state index in [1.807, 2.05) is 0 Å². The smallest absolute Gasteiger partial charge is 0.262 e. The number of amides is 1. The minimum Gasteiger partial charge on any atom is -0.454 e. The standard InChI is InChI=1S/C21H16F2N2O5S/c22-14-8-15(23)10-16(9-14)31(27,28)25-18-4-2-1-3-17(18)21(26)24-11-13-5-6-19-20(7-13)30-12-29-19/h1-10,25H,11-12H2,(H,24,26). The van der Waals surface area contributed by atoms with Crippen LogP contribution >= 0.6 is 0 Å². The molecule has 0 atom stereocenters. The number of sulfonamides is 1. The maximum absolute atomic E-state index is 13.4. The summed E-state index contributed by atoms with van der Waals surface area (Å²) < 4.78 is 64.8. The lowest BCUT2D eigenvalue weighted by molar-refractivity contribution is 0.0951. The van der Waals surface area contributed by atoms with Gasteiger partial charge in [-0.15, -0.1) is 0 Å². The normalized spacial score (nSPS) is 12.5. The van der Waals surface area contributed by atoms with Crippen molar-refractivity contribution in [1.82, 2.24) is 5.32 Å². The Bertz CT molecular complexity index is 1240. The molecule has 4 rings (SSSR count). The molecule has 0 spiro atoms. The number of carbonyl (C=O) groups is 1. The molecule has 1 amide bonds. The molecule has 0 saturated heterocycles. The van der Waals surface area contributed by atoms with E-state index in [4.69, 9.17) is 9.47 Å². The zero-order chi connectivity index (χ0) is 22.0. The van der Waals surface area contributed by atoms with E-state index in [0.29, 0.717) is 29.7 Å². The average Bonchev–Trinajstić information content (AvgIpc) is 3.19. The fourth-order valence-electron chi connectivity index (χ4n) is 2.99. The summed E-state index contributed by atoms with van der Waals surface area (Å²) in [5.41, 5.74) is 0.768. The van der Waals surface area contributed by atoms with Gasteiger partial charge in [-0.1, -0.05) is 18.2 Å². The lowest BCUT2D eigenvalue weighted by Crippen LogP contribution is -2.25. The number of rotatable bonds is 6. The van der Waals surface area contributed by atoms with Gasteiger partial charge >= 0.3 is 0 Å². The van der Waals surface area contributed by atoms with Crippen molar-refractivity contribution in [2.45, 2.75) is 11.4 Å². The van der Waals surface area contributed by atoms with Gasteiger partial charge in [0.1, 0.15) is 11.6 Å². The van der Waals surface area contributed by atoms with E-state index in [1.54, 1.807) is 24.3 Å². The molecule has 0 fully saturated rings. The van der Waals surface area contributed by atoms with Crippen molar-refractivity contribution in [3.63, 3.8) is 0 Å². The van der Waals surface area contributed by atoms with Crippen molar-refractivity contribution in [3.05, 3.63) is 83.4 Å². The lowest BCUT2D eigenvalue weighted by Gasteiger charge is -2.13. The molecule has 31 heavy (non-hydrogen) atoms. The Balaban J connectivity index is 1.52. The number of halogens is 2. The van der Waals surface area contributed by atoms with Gasteiger partial charge in [0.2, 0.25) is 6.79 Å². The molecule has 0 bridgehead atoms. The molecule has 0 radical (unpaired) electrons. The Morgan fingerprint density at radius 3 is 2.42 bits per heavy atom. The van der Waals surface area contributed by atoms with Crippen LogP contribution in [0.15, 0.2) is 65.6 Å². The van der Waals surface area contributed by atoms with Crippen LogP contribution in [0.4, 0.5) is 14.5 Å². The number of nitrogens with one attached hydrogen (secondary N) is 2. The van der Waals surface area contributed by atoms with Crippen LogP contribution < -0.4 is 19.5 Å². The van der Waals surface area contributed by atoms with Gasteiger partial charge in [-0.3, -0.25) is 9.52 Å². The van der Waals surface area contributed by atoms with Crippen LogP contribution in [-0.4, -0.2) is 21.1 Å². The Kier molecular flexibility index (Phi) is 5.47. The summed E-state index contributed by atoms with van der Waals surface area (Å²) >= 11 is 0. The van der Waals surface area contributed by atoms with Crippen molar-refractivity contribution in [3.8, 4) is 11.5 Å². The summed E-state index contributed by atoms with van der Waals surface area (Å²) in [7, 11) is -4.33. The molecule has 7 nitrogen and oxygen atoms in total. The second-order valence-electron chi connectivity index (χ2n) is 6.63. The predicted octanol–water partition coefficient (Wildman–Crippen LogP) is 3.42. The fourth-order valence-corrected chi connectivity index (χ4v) is 4.11. The Labute approximate surface area is 176 Å². The Hall–Kier alpha value is -3.66. The fraction of sp³-hybridized carbons (Fsp3) is 0.0952. The van der Waals surface area contributed by atoms with E-state index in [1.165, 1.54) is 18.2 Å². The molecule has 2 N–H and O–H groups in total. The molecule has 1 aliphatic rings. The Morgan fingerprint density at radius 1 is 0.935 bits per heavy atom. The summed E-state index contributed by atoms with van der Waals surface area (Å²) in [5, 5.41) is 2.70. The molecule has 3 aromatic rings. The topological polar surface area (TPSA) is 93.7 Å². The maximum Gasteiger partial charge on any atom is 0.262 e. The summed E-state index contributed by atoms with van der Waals surface area (Å²) in [5.74, 6) is -1.42. The molecule has 10 heteroatoms. The van der Waals surface area contributed by atoms with Crippen molar-refractivity contribution in [1.29, 1.82) is 0 Å². The van der Waals surface area contributed by atoms with Crippen LogP contribution in [-0.2, 0) is 16.6 Å². The minimum absolute atomic E-state index is 0.0321. The third kappa shape index (κ3) is 4.58. The molecule has 1 heterocycles. The average molecular weight is 446 g/mol. The molecule has 0 aromatic heterocycles. The summed E-state index contributed by atoms with van der Waals surface area (Å²) in [4.78, 5) is 12.1. The van der Waals surface area contributed by atoms with Gasteiger partial charge in [0.15, 0.2) is 11.5 Å². The van der Waals surface area contributed by atoms with Gasteiger partial charge in [0.25, 0.3) is 15.9 Å². The van der Waals surface area contributed by atoms with Gasteiger partial charge in [-0.2, -0.15) is 0 Å². The van der Waals surface area contributed by atoms with Crippen LogP contribution in [0.2, 0.25) is 0 Å². The van der Waals surface area contributed by atoms with Gasteiger partial charge in [0, 0.05) is 12.6 Å². The van der Waals surface area contributed by atoms with Crippen molar-refractivity contribution < 1.29 is 31.5 Å². The summed E-state index contributed by atoms with van der Waals surface area (Å²) in [6.45, 7) is 0.291. The quantitative estimate of drug-likeness (QED) is 0.605. The second-order valence-corrected chi connectivity index (χ2v) is 8.31. The van der Waals surface area contributed by atoms with Crippen LogP contribution in [0.3, 0.4) is 0 Å². The highest BCUT2D eigenvalue weighted by Crippen LogP contribution is 2.32. The number of para-hydroxylation sites is 1. The van der Waals surface area contributed by atoms with Crippen LogP contribution in [0.1, 0.15) is 15.9 Å². The lowest BCUT2D eigenvalue weighted by atomic mass is 10.1. The molecular weight excluding hydrogens is 430 g/mol. The zero-order valence-electron chi connectivity index (χ0n) is 15.9. The van der Waals surface area contributed by atoms with E-state index in [-0.39, 0.29) is 24.6 Å². The maximum atomic E-state index is 13.4. The first-order valence-electron chi connectivity index (χ1n) is 9.06. The largest absolute Gasteiger partial charge is 0.454 e. The predicted molar refractivity (Wildman–Crippen MR) is 107 cm³/mol. The minimum atomic E-state index is -4.33. The van der Waals surface area contributed by atoms with E-state index >= 15 is 0 Å². The molecule has 1 aliphatic heterocycles. The van der Waals surface area contributed by atoms with E-state index in [0.717, 1.165) is 5.56 Å². The van der Waals surface area contributed by atoms with Crippen molar-refractivity contribution in [2.75, 3.05) is 11.5 Å². The van der Waals surface area contributed by atoms with Crippen molar-refractivity contribution in [2.24, 2.45) is 0 Å². The highest BCUT2D eigenvalue weighted by molar-refractivity contribution is 7.92. The highest BCUT2D eigenvalue weighted by atomic mass is 32.2. The number of benzene rings is 3. The van der Waals surface area contributed by atoms with Gasteiger partial charge < -0.3 is 14.8 Å². The number of carbonyl (C=O) groups excluding carboxylic acids is 1. The molecule has 160 valence electrons. The van der Waals surface area contributed by atoms with E-state index < -0.39 is 32.5 Å². The van der Waals surface area contributed by atoms with Crippen LogP contribution in [0.5, 0.6) is 11.5 Å². The second kappa shape index (κ2) is 8.23. The first kappa shape index (κ1) is 20.6. The first-order valence-corrected chi connectivity index (χ1v) is 10.5. The third-order valence-corrected chi connectivity index (χ3v) is 5.80. The van der Waals surface area contributed by atoms with Crippen LogP contribution in [0, 0.1) is 11.6 Å². The van der Waals surface area contributed by atoms with Gasteiger partial charge in [0.05, 0.1) is 16.1 Å². The van der Waals surface area contributed by atoms with Gasteiger partial charge in [-0.05, 0) is 42.0 Å². The highest BCUT2D eigenvalue weighted by Gasteiger charge is 2.20. The molecular formula is C21H16F2N2O5S. The molecule has 0 saturated carbocycles. The number of hydrogen-bond acceptors (Lipinski definition) is 5. The zero-order valence-corrected chi connectivity index (χ0v) is 16.7. The number of anilines is 1. The van der Waals surface area contributed by atoms with E-state index in [9.17, 15) is 22.0 Å². The molecule has 3 aromatic carbocycles. The number of hydrogen-bond donors (Lipinski definition) is 2. The molecule has 0 aliphatic carbocycles. The van der Waals surface area contributed by atoms with E-state index in [2.05, 4.69) is 10.0 Å². The van der Waals surface area contributed by atoms with Crippen LogP contribution in [0.25, 0.3) is 0 Å². The van der Waals surface area contributed by atoms with Crippen molar-refractivity contribution >= 4 is 21.6 Å². The molecule has 0 unspecified atom stereocenters. The third-order valence-electron chi connectivity index (χ3n) is 4.45. The number of ether oxygens (including phenoxy) is 2. The summed E-state index contributed by atoms with van der Waals surface area (Å²) in [6, 6.07) is 13.1. The SMILES string of the molecule is O=C(NCc1ccc2c(c1)OCO2)c1ccccc1NS(=O)(=O)c1cc(F)cc(F)c1.